The number of alkyl halides is 3. The smallest absolute Gasteiger partial charge is 0.417 e. The molecule has 2 aromatic heterocycles. The lowest BCUT2D eigenvalue weighted by atomic mass is 10.2. The molecule has 0 amide bonds. The second kappa shape index (κ2) is 7.12. The monoisotopic (exact) mass is 401 g/mol. The first-order chi connectivity index (χ1) is 12.7. The van der Waals surface area contributed by atoms with E-state index in [1.165, 1.54) is 16.6 Å². The van der Waals surface area contributed by atoms with Crippen LogP contribution in [0.4, 0.5) is 13.2 Å². The van der Waals surface area contributed by atoms with Gasteiger partial charge in [0.2, 0.25) is 15.9 Å². The number of hydrogen-bond donors (Lipinski definition) is 1. The summed E-state index contributed by atoms with van der Waals surface area (Å²) in [5, 5.41) is 11.8. The molecule has 8 nitrogen and oxygen atoms in total. The van der Waals surface area contributed by atoms with Crippen molar-refractivity contribution >= 4 is 15.7 Å². The number of rotatable bonds is 6. The molecule has 144 valence electrons. The van der Waals surface area contributed by atoms with Gasteiger partial charge in [-0.05, 0) is 25.1 Å². The Kier molecular flexibility index (Phi) is 5.02. The molecule has 0 atom stereocenters. The maximum atomic E-state index is 13.0. The van der Waals surface area contributed by atoms with Crippen molar-refractivity contribution in [3.63, 3.8) is 0 Å². The SMILES string of the molecule is Cc1nnc2ccc(OCCNS(=O)(=O)c3ccccc3C(F)(F)F)nn12. The Hall–Kier alpha value is -2.73. The van der Waals surface area contributed by atoms with Gasteiger partial charge in [-0.2, -0.15) is 17.7 Å². The van der Waals surface area contributed by atoms with Crippen LogP contribution in [0, 0.1) is 6.92 Å². The zero-order valence-electron chi connectivity index (χ0n) is 13.9. The predicted octanol–water partition coefficient (Wildman–Crippen LogP) is 1.81. The number of halogens is 3. The maximum absolute atomic E-state index is 13.0. The summed E-state index contributed by atoms with van der Waals surface area (Å²) in [6, 6.07) is 7.10. The molecule has 0 unspecified atom stereocenters. The van der Waals surface area contributed by atoms with Crippen molar-refractivity contribution in [3.05, 3.63) is 47.8 Å². The average molecular weight is 401 g/mol. The van der Waals surface area contributed by atoms with Gasteiger partial charge < -0.3 is 4.74 Å². The van der Waals surface area contributed by atoms with E-state index in [-0.39, 0.29) is 19.0 Å². The standard InChI is InChI=1S/C15H14F3N5O3S/c1-10-20-21-13-6-7-14(22-23(10)13)26-9-8-19-27(24,25)12-5-3-2-4-11(12)15(16,17)18/h2-7,19H,8-9H2,1H3. The van der Waals surface area contributed by atoms with Crippen molar-refractivity contribution in [1.29, 1.82) is 0 Å². The van der Waals surface area contributed by atoms with Crippen LogP contribution in [0.2, 0.25) is 0 Å². The van der Waals surface area contributed by atoms with Gasteiger partial charge in [-0.1, -0.05) is 12.1 Å². The van der Waals surface area contributed by atoms with Gasteiger partial charge in [0.25, 0.3) is 0 Å². The van der Waals surface area contributed by atoms with Crippen molar-refractivity contribution in [3.8, 4) is 5.88 Å². The van der Waals surface area contributed by atoms with Crippen molar-refractivity contribution in [2.75, 3.05) is 13.2 Å². The van der Waals surface area contributed by atoms with Crippen LogP contribution < -0.4 is 9.46 Å². The Bertz CT molecular complexity index is 1070. The lowest BCUT2D eigenvalue weighted by molar-refractivity contribution is -0.139. The number of benzene rings is 1. The van der Waals surface area contributed by atoms with Crippen LogP contribution in [0.5, 0.6) is 5.88 Å². The number of ether oxygens (including phenoxy) is 1. The van der Waals surface area contributed by atoms with Crippen molar-refractivity contribution in [2.24, 2.45) is 0 Å². The summed E-state index contributed by atoms with van der Waals surface area (Å²) in [6.07, 6.45) is -4.78. The molecule has 0 aliphatic rings. The van der Waals surface area contributed by atoms with Gasteiger partial charge in [-0.25, -0.2) is 13.1 Å². The fourth-order valence-corrected chi connectivity index (χ4v) is 3.54. The number of aromatic nitrogens is 4. The number of aryl methyl sites for hydroxylation is 1. The first-order valence-corrected chi connectivity index (χ1v) is 9.14. The van der Waals surface area contributed by atoms with E-state index < -0.39 is 26.7 Å². The zero-order valence-corrected chi connectivity index (χ0v) is 14.8. The van der Waals surface area contributed by atoms with E-state index in [2.05, 4.69) is 20.0 Å². The number of fused-ring (bicyclic) bond motifs is 1. The Morgan fingerprint density at radius 3 is 2.63 bits per heavy atom. The van der Waals surface area contributed by atoms with E-state index in [9.17, 15) is 21.6 Å². The van der Waals surface area contributed by atoms with Gasteiger partial charge in [0.1, 0.15) is 6.61 Å². The maximum Gasteiger partial charge on any atom is 0.417 e. The van der Waals surface area contributed by atoms with Crippen LogP contribution in [0.15, 0.2) is 41.3 Å². The molecular formula is C15H14F3N5O3S. The van der Waals surface area contributed by atoms with Crippen molar-refractivity contribution in [2.45, 2.75) is 18.0 Å². The minimum absolute atomic E-state index is 0.132. The van der Waals surface area contributed by atoms with Crippen LogP contribution in [0.3, 0.4) is 0 Å². The molecule has 0 bridgehead atoms. The number of sulfonamides is 1. The topological polar surface area (TPSA) is 98.5 Å². The Labute approximate surface area is 152 Å². The molecule has 0 aliphatic carbocycles. The fourth-order valence-electron chi connectivity index (χ4n) is 2.30. The Balaban J connectivity index is 1.65. The van der Waals surface area contributed by atoms with Gasteiger partial charge in [0, 0.05) is 12.6 Å². The minimum atomic E-state index is -4.78. The lowest BCUT2D eigenvalue weighted by Crippen LogP contribution is -2.30. The second-order valence-electron chi connectivity index (χ2n) is 5.43. The van der Waals surface area contributed by atoms with Crippen molar-refractivity contribution in [1.82, 2.24) is 24.5 Å². The summed E-state index contributed by atoms with van der Waals surface area (Å²) in [7, 11) is -4.36. The summed E-state index contributed by atoms with van der Waals surface area (Å²) in [5.41, 5.74) is -0.710. The van der Waals surface area contributed by atoms with E-state index in [1.54, 1.807) is 13.0 Å². The summed E-state index contributed by atoms with van der Waals surface area (Å²) in [6.45, 7) is 1.32. The zero-order chi connectivity index (χ0) is 19.7. The molecule has 0 saturated carbocycles. The molecule has 1 N–H and O–H groups in total. The third-order valence-corrected chi connectivity index (χ3v) is 5.04. The Morgan fingerprint density at radius 2 is 1.89 bits per heavy atom. The molecule has 27 heavy (non-hydrogen) atoms. The number of hydrogen-bond acceptors (Lipinski definition) is 6. The van der Waals surface area contributed by atoms with Crippen LogP contribution in [0.1, 0.15) is 11.4 Å². The van der Waals surface area contributed by atoms with Gasteiger partial charge in [-0.15, -0.1) is 15.3 Å². The highest BCUT2D eigenvalue weighted by molar-refractivity contribution is 7.89. The normalized spacial score (nSPS) is 12.4. The summed E-state index contributed by atoms with van der Waals surface area (Å²) >= 11 is 0. The van der Waals surface area contributed by atoms with Crippen LogP contribution >= 0.6 is 0 Å². The van der Waals surface area contributed by atoms with E-state index in [0.717, 1.165) is 12.1 Å². The van der Waals surface area contributed by atoms with E-state index in [1.807, 2.05) is 0 Å². The van der Waals surface area contributed by atoms with Crippen LogP contribution in [0.25, 0.3) is 5.65 Å². The highest BCUT2D eigenvalue weighted by atomic mass is 32.2. The van der Waals surface area contributed by atoms with Gasteiger partial charge in [-0.3, -0.25) is 0 Å². The molecule has 0 fully saturated rings. The van der Waals surface area contributed by atoms with Crippen LogP contribution in [-0.4, -0.2) is 41.4 Å². The highest BCUT2D eigenvalue weighted by Gasteiger charge is 2.36. The van der Waals surface area contributed by atoms with E-state index in [0.29, 0.717) is 17.5 Å². The second-order valence-corrected chi connectivity index (χ2v) is 7.16. The summed E-state index contributed by atoms with van der Waals surface area (Å²) in [4.78, 5) is -0.836. The Morgan fingerprint density at radius 1 is 1.15 bits per heavy atom. The average Bonchev–Trinajstić information content (AvgIpc) is 2.99. The summed E-state index contributed by atoms with van der Waals surface area (Å²) < 4.78 is 72.2. The fraction of sp³-hybridized carbons (Fsp3) is 0.267. The number of nitrogens with one attached hydrogen (secondary N) is 1. The van der Waals surface area contributed by atoms with E-state index >= 15 is 0 Å². The largest absolute Gasteiger partial charge is 0.475 e. The van der Waals surface area contributed by atoms with E-state index in [4.69, 9.17) is 4.74 Å². The predicted molar refractivity (Wildman–Crippen MR) is 87.6 cm³/mol. The van der Waals surface area contributed by atoms with Crippen molar-refractivity contribution < 1.29 is 26.3 Å². The van der Waals surface area contributed by atoms with Gasteiger partial charge in [0.15, 0.2) is 11.5 Å². The molecule has 0 spiro atoms. The summed E-state index contributed by atoms with van der Waals surface area (Å²) in [5.74, 6) is 0.736. The molecule has 3 rings (SSSR count). The van der Waals surface area contributed by atoms with Crippen LogP contribution in [-0.2, 0) is 16.2 Å². The third kappa shape index (κ3) is 4.17. The number of nitrogens with zero attached hydrogens (tertiary/aromatic N) is 4. The molecule has 12 heteroatoms. The van der Waals surface area contributed by atoms with Gasteiger partial charge in [0.05, 0.1) is 10.5 Å². The molecule has 0 saturated heterocycles. The minimum Gasteiger partial charge on any atom is -0.475 e. The molecular weight excluding hydrogens is 387 g/mol. The quantitative estimate of drug-likeness (QED) is 0.633. The first kappa shape index (κ1) is 19.0. The molecule has 1 aromatic carbocycles. The third-order valence-electron chi connectivity index (χ3n) is 3.52. The molecule has 0 aliphatic heterocycles. The molecule has 3 aromatic rings. The molecule has 0 radical (unpaired) electrons. The van der Waals surface area contributed by atoms with Gasteiger partial charge >= 0.3 is 6.18 Å². The first-order valence-electron chi connectivity index (χ1n) is 7.66. The lowest BCUT2D eigenvalue weighted by Gasteiger charge is -2.13. The molecule has 2 heterocycles. The highest BCUT2D eigenvalue weighted by Crippen LogP contribution is 2.33.